The molecule has 0 aliphatic heterocycles. The molecule has 0 fully saturated rings. The second kappa shape index (κ2) is 7.57. The fraction of sp³-hybridized carbons (Fsp3) is 0.294. The molecule has 2 aromatic carbocycles. The Morgan fingerprint density at radius 3 is 2.57 bits per heavy atom. The van der Waals surface area contributed by atoms with Gasteiger partial charge in [-0.15, -0.1) is 0 Å². The first-order valence-electron chi connectivity index (χ1n) is 6.80. The maximum Gasteiger partial charge on any atom is 0.165 e. The van der Waals surface area contributed by atoms with Crippen molar-refractivity contribution in [3.05, 3.63) is 63.9 Å². The summed E-state index contributed by atoms with van der Waals surface area (Å²) < 4.78 is 19.6. The lowest BCUT2D eigenvalue weighted by molar-refractivity contribution is 0.224. The van der Waals surface area contributed by atoms with Crippen molar-refractivity contribution in [2.24, 2.45) is 5.92 Å². The Labute approximate surface area is 132 Å². The Balaban J connectivity index is 2.09. The zero-order valence-corrected chi connectivity index (χ0v) is 13.4. The third kappa shape index (κ3) is 4.29. The van der Waals surface area contributed by atoms with Crippen LogP contribution in [0.1, 0.15) is 11.1 Å². The summed E-state index contributed by atoms with van der Waals surface area (Å²) >= 11 is 3.51. The number of benzene rings is 2. The van der Waals surface area contributed by atoms with Crippen LogP contribution in [0.3, 0.4) is 0 Å². The normalized spacial score (nSPS) is 12.2. The third-order valence-corrected chi connectivity index (χ3v) is 4.24. The first kappa shape index (κ1) is 16.0. The maximum absolute atomic E-state index is 13.7. The maximum atomic E-state index is 13.7. The van der Waals surface area contributed by atoms with Crippen molar-refractivity contribution in [2.75, 3.05) is 13.7 Å². The van der Waals surface area contributed by atoms with Crippen LogP contribution in [0.15, 0.2) is 46.9 Å². The molecule has 0 saturated carbocycles. The Morgan fingerprint density at radius 2 is 1.95 bits per heavy atom. The molecule has 0 aromatic heterocycles. The Kier molecular flexibility index (Phi) is 5.76. The standard InChI is InChI=1S/C17H18BrFO2/c1-21-17-7-6-12(10-16(17)19)8-13(11-20)9-14-4-2-3-5-15(14)18/h2-7,10,13,20H,8-9,11H2,1H3. The van der Waals surface area contributed by atoms with Gasteiger partial charge in [-0.05, 0) is 48.1 Å². The first-order valence-corrected chi connectivity index (χ1v) is 7.60. The number of aliphatic hydroxyl groups is 1. The molecule has 0 radical (unpaired) electrons. The van der Waals surface area contributed by atoms with Crippen molar-refractivity contribution in [1.82, 2.24) is 0 Å². The molecule has 4 heteroatoms. The largest absolute Gasteiger partial charge is 0.494 e. The summed E-state index contributed by atoms with van der Waals surface area (Å²) in [6.07, 6.45) is 1.37. The minimum Gasteiger partial charge on any atom is -0.494 e. The molecule has 0 heterocycles. The Morgan fingerprint density at radius 1 is 1.19 bits per heavy atom. The average Bonchev–Trinajstić information content (AvgIpc) is 2.49. The molecule has 1 unspecified atom stereocenters. The average molecular weight is 353 g/mol. The van der Waals surface area contributed by atoms with Gasteiger partial charge in [0, 0.05) is 11.1 Å². The van der Waals surface area contributed by atoms with Gasteiger partial charge in [0.15, 0.2) is 11.6 Å². The van der Waals surface area contributed by atoms with E-state index in [1.807, 2.05) is 30.3 Å². The van der Waals surface area contributed by atoms with Crippen LogP contribution < -0.4 is 4.74 Å². The third-order valence-electron chi connectivity index (χ3n) is 3.47. The second-order valence-electron chi connectivity index (χ2n) is 5.02. The van der Waals surface area contributed by atoms with Gasteiger partial charge in [-0.2, -0.15) is 0 Å². The fourth-order valence-electron chi connectivity index (χ4n) is 2.35. The molecule has 0 bridgehead atoms. The number of rotatable bonds is 6. The molecule has 2 aromatic rings. The molecular formula is C17H18BrFO2. The van der Waals surface area contributed by atoms with E-state index in [0.29, 0.717) is 6.42 Å². The van der Waals surface area contributed by atoms with Crippen LogP contribution in [0.5, 0.6) is 5.75 Å². The van der Waals surface area contributed by atoms with E-state index in [9.17, 15) is 9.50 Å². The van der Waals surface area contributed by atoms with Gasteiger partial charge in [-0.3, -0.25) is 0 Å². The molecule has 0 amide bonds. The van der Waals surface area contributed by atoms with E-state index in [1.54, 1.807) is 6.07 Å². The van der Waals surface area contributed by atoms with E-state index < -0.39 is 0 Å². The lowest BCUT2D eigenvalue weighted by Gasteiger charge is -2.16. The van der Waals surface area contributed by atoms with E-state index in [2.05, 4.69) is 15.9 Å². The van der Waals surface area contributed by atoms with E-state index >= 15 is 0 Å². The van der Waals surface area contributed by atoms with Crippen LogP contribution >= 0.6 is 15.9 Å². The van der Waals surface area contributed by atoms with Gasteiger partial charge in [0.1, 0.15) is 0 Å². The molecule has 1 atom stereocenters. The molecule has 21 heavy (non-hydrogen) atoms. The number of halogens is 2. The van der Waals surface area contributed by atoms with Crippen LogP contribution in [0.25, 0.3) is 0 Å². The number of methoxy groups -OCH3 is 1. The molecule has 0 aliphatic carbocycles. The monoisotopic (exact) mass is 352 g/mol. The number of hydrogen-bond acceptors (Lipinski definition) is 2. The predicted molar refractivity (Wildman–Crippen MR) is 85.1 cm³/mol. The molecule has 1 N–H and O–H groups in total. The number of ether oxygens (including phenoxy) is 1. The highest BCUT2D eigenvalue weighted by Crippen LogP contribution is 2.23. The topological polar surface area (TPSA) is 29.5 Å². The van der Waals surface area contributed by atoms with Crippen LogP contribution in [-0.2, 0) is 12.8 Å². The van der Waals surface area contributed by atoms with E-state index in [4.69, 9.17) is 4.74 Å². The highest BCUT2D eigenvalue weighted by molar-refractivity contribution is 9.10. The van der Waals surface area contributed by atoms with Crippen molar-refractivity contribution < 1.29 is 14.2 Å². The molecule has 2 rings (SSSR count). The van der Waals surface area contributed by atoms with Gasteiger partial charge in [-0.1, -0.05) is 40.2 Å². The summed E-state index contributed by atoms with van der Waals surface area (Å²) in [6, 6.07) is 12.9. The number of hydrogen-bond donors (Lipinski definition) is 1. The van der Waals surface area contributed by atoms with Crippen LogP contribution in [0, 0.1) is 11.7 Å². The lowest BCUT2D eigenvalue weighted by atomic mass is 9.93. The zero-order chi connectivity index (χ0) is 15.2. The first-order chi connectivity index (χ1) is 10.1. The van der Waals surface area contributed by atoms with Crippen molar-refractivity contribution in [2.45, 2.75) is 12.8 Å². The summed E-state index contributed by atoms with van der Waals surface area (Å²) in [7, 11) is 1.45. The van der Waals surface area contributed by atoms with Crippen LogP contribution in [-0.4, -0.2) is 18.8 Å². The van der Waals surface area contributed by atoms with Gasteiger partial charge in [0.25, 0.3) is 0 Å². The van der Waals surface area contributed by atoms with Crippen molar-refractivity contribution in [3.63, 3.8) is 0 Å². The highest BCUT2D eigenvalue weighted by atomic mass is 79.9. The zero-order valence-electron chi connectivity index (χ0n) is 11.9. The molecule has 0 spiro atoms. The van der Waals surface area contributed by atoms with Crippen molar-refractivity contribution in [3.8, 4) is 5.75 Å². The minimum atomic E-state index is -0.368. The van der Waals surface area contributed by atoms with Gasteiger partial charge in [0.2, 0.25) is 0 Å². The van der Waals surface area contributed by atoms with E-state index in [0.717, 1.165) is 22.0 Å². The van der Waals surface area contributed by atoms with E-state index in [-0.39, 0.29) is 24.1 Å². The quantitative estimate of drug-likeness (QED) is 0.851. The van der Waals surface area contributed by atoms with Gasteiger partial charge in [0.05, 0.1) is 7.11 Å². The lowest BCUT2D eigenvalue weighted by Crippen LogP contribution is -2.13. The molecule has 112 valence electrons. The summed E-state index contributed by atoms with van der Waals surface area (Å²) in [5.74, 6) is -0.0748. The summed E-state index contributed by atoms with van der Waals surface area (Å²) in [5, 5.41) is 9.58. The van der Waals surface area contributed by atoms with Gasteiger partial charge in [-0.25, -0.2) is 4.39 Å². The van der Waals surface area contributed by atoms with Crippen LogP contribution in [0.2, 0.25) is 0 Å². The fourth-order valence-corrected chi connectivity index (χ4v) is 2.79. The second-order valence-corrected chi connectivity index (χ2v) is 5.87. The summed E-state index contributed by atoms with van der Waals surface area (Å²) in [5.41, 5.74) is 2.00. The smallest absolute Gasteiger partial charge is 0.165 e. The highest BCUT2D eigenvalue weighted by Gasteiger charge is 2.13. The minimum absolute atomic E-state index is 0.0523. The van der Waals surface area contributed by atoms with Gasteiger partial charge >= 0.3 is 0 Å². The number of aliphatic hydroxyl groups excluding tert-OH is 1. The summed E-state index contributed by atoms with van der Waals surface area (Å²) in [4.78, 5) is 0. The Bertz CT molecular complexity index is 601. The van der Waals surface area contributed by atoms with Crippen LogP contribution in [0.4, 0.5) is 4.39 Å². The van der Waals surface area contributed by atoms with Gasteiger partial charge < -0.3 is 9.84 Å². The van der Waals surface area contributed by atoms with Crippen molar-refractivity contribution in [1.29, 1.82) is 0 Å². The van der Waals surface area contributed by atoms with Crippen molar-refractivity contribution >= 4 is 15.9 Å². The Hall–Kier alpha value is -1.39. The molecule has 2 nitrogen and oxygen atoms in total. The van der Waals surface area contributed by atoms with E-state index in [1.165, 1.54) is 13.2 Å². The SMILES string of the molecule is COc1ccc(CC(CO)Cc2ccccc2Br)cc1F. The molecule has 0 aliphatic rings. The molecular weight excluding hydrogens is 335 g/mol. The predicted octanol–water partition coefficient (Wildman–Crippen LogP) is 3.99. The summed E-state index contributed by atoms with van der Waals surface area (Å²) in [6.45, 7) is 0.0645. The molecule has 0 saturated heterocycles.